The van der Waals surface area contributed by atoms with Gasteiger partial charge in [-0.3, -0.25) is 4.79 Å². The van der Waals surface area contributed by atoms with Gasteiger partial charge in [0.15, 0.2) is 0 Å². The van der Waals surface area contributed by atoms with Crippen LogP contribution < -0.4 is 16.0 Å². The van der Waals surface area contributed by atoms with Crippen LogP contribution in [-0.2, 0) is 4.79 Å². The van der Waals surface area contributed by atoms with Gasteiger partial charge < -0.3 is 16.0 Å². The third kappa shape index (κ3) is 2.73. The lowest BCUT2D eigenvalue weighted by Crippen LogP contribution is -2.39. The summed E-state index contributed by atoms with van der Waals surface area (Å²) in [4.78, 5) is 22.4. The highest BCUT2D eigenvalue weighted by Gasteiger charge is 2.22. The molecule has 5 nitrogen and oxygen atoms in total. The highest BCUT2D eigenvalue weighted by molar-refractivity contribution is 5.90. The third-order valence-corrected chi connectivity index (χ3v) is 2.34. The second-order valence-electron chi connectivity index (χ2n) is 3.67. The van der Waals surface area contributed by atoms with Crippen LogP contribution in [0.2, 0.25) is 0 Å². The average molecular weight is 219 g/mol. The van der Waals surface area contributed by atoms with Crippen LogP contribution in [0, 0.1) is 0 Å². The Bertz CT molecular complexity index is 391. The number of hydrogen-bond donors (Lipinski definition) is 3. The maximum absolute atomic E-state index is 11.5. The van der Waals surface area contributed by atoms with Crippen LogP contribution >= 0.6 is 0 Å². The summed E-state index contributed by atoms with van der Waals surface area (Å²) in [5.74, 6) is -0.0231. The molecule has 16 heavy (non-hydrogen) atoms. The number of amides is 3. The minimum Gasteiger partial charge on any atom is -0.354 e. The maximum Gasteiger partial charge on any atom is 0.319 e. The van der Waals surface area contributed by atoms with Gasteiger partial charge in [-0.1, -0.05) is 18.2 Å². The fraction of sp³-hybridized carbons (Fsp3) is 0.273. The molecule has 5 heteroatoms. The predicted octanol–water partition coefficient (Wildman–Crippen LogP) is 0.697. The van der Waals surface area contributed by atoms with Gasteiger partial charge in [0, 0.05) is 18.7 Å². The van der Waals surface area contributed by atoms with E-state index in [4.69, 9.17) is 0 Å². The zero-order valence-corrected chi connectivity index (χ0v) is 8.69. The second-order valence-corrected chi connectivity index (χ2v) is 3.67. The summed E-state index contributed by atoms with van der Waals surface area (Å²) in [6.45, 7) is 0.501. The SMILES string of the molecule is O=C1CC(NC(=O)Nc2ccccc2)CN1. The topological polar surface area (TPSA) is 70.2 Å². The summed E-state index contributed by atoms with van der Waals surface area (Å²) in [5.41, 5.74) is 0.734. The van der Waals surface area contributed by atoms with Crippen molar-refractivity contribution in [1.29, 1.82) is 0 Å². The van der Waals surface area contributed by atoms with E-state index in [0.29, 0.717) is 13.0 Å². The van der Waals surface area contributed by atoms with Crippen molar-refractivity contribution in [3.63, 3.8) is 0 Å². The Labute approximate surface area is 93.2 Å². The van der Waals surface area contributed by atoms with Crippen LogP contribution in [0.4, 0.5) is 10.5 Å². The van der Waals surface area contributed by atoms with Crippen LogP contribution in [0.5, 0.6) is 0 Å². The average Bonchev–Trinajstić information content (AvgIpc) is 2.65. The van der Waals surface area contributed by atoms with Crippen molar-refractivity contribution in [2.24, 2.45) is 0 Å². The first-order valence-corrected chi connectivity index (χ1v) is 5.13. The largest absolute Gasteiger partial charge is 0.354 e. The molecule has 2 rings (SSSR count). The molecule has 1 fully saturated rings. The van der Waals surface area contributed by atoms with E-state index in [1.54, 1.807) is 12.1 Å². The first-order chi connectivity index (χ1) is 7.74. The highest BCUT2D eigenvalue weighted by atomic mass is 16.2. The number of carbonyl (C=O) groups excluding carboxylic acids is 2. The minimum atomic E-state index is -0.285. The molecule has 1 unspecified atom stereocenters. The standard InChI is InChI=1S/C11H13N3O2/c15-10-6-9(7-12-10)14-11(16)13-8-4-2-1-3-5-8/h1-5,9H,6-7H2,(H,12,15)(H2,13,14,16). The lowest BCUT2D eigenvalue weighted by molar-refractivity contribution is -0.119. The van der Waals surface area contributed by atoms with Gasteiger partial charge in [-0.2, -0.15) is 0 Å². The Kier molecular flexibility index (Phi) is 3.05. The molecule has 0 aromatic heterocycles. The zero-order chi connectivity index (χ0) is 11.4. The summed E-state index contributed by atoms with van der Waals surface area (Å²) >= 11 is 0. The Hall–Kier alpha value is -2.04. The molecule has 0 bridgehead atoms. The Morgan fingerprint density at radius 3 is 2.69 bits per heavy atom. The van der Waals surface area contributed by atoms with Crippen molar-refractivity contribution < 1.29 is 9.59 Å². The monoisotopic (exact) mass is 219 g/mol. The fourth-order valence-corrected chi connectivity index (χ4v) is 1.58. The van der Waals surface area contributed by atoms with E-state index in [2.05, 4.69) is 16.0 Å². The fourth-order valence-electron chi connectivity index (χ4n) is 1.58. The van der Waals surface area contributed by atoms with Gasteiger partial charge >= 0.3 is 6.03 Å². The summed E-state index contributed by atoms with van der Waals surface area (Å²) in [6, 6.07) is 8.77. The molecule has 1 saturated heterocycles. The number of nitrogens with one attached hydrogen (secondary N) is 3. The van der Waals surface area contributed by atoms with E-state index in [-0.39, 0.29) is 18.0 Å². The molecular formula is C11H13N3O2. The number of benzene rings is 1. The van der Waals surface area contributed by atoms with Crippen molar-refractivity contribution >= 4 is 17.6 Å². The van der Waals surface area contributed by atoms with E-state index < -0.39 is 0 Å². The Morgan fingerprint density at radius 2 is 2.06 bits per heavy atom. The first kappa shape index (κ1) is 10.5. The molecule has 1 heterocycles. The molecule has 3 N–H and O–H groups in total. The van der Waals surface area contributed by atoms with Gasteiger partial charge in [-0.05, 0) is 12.1 Å². The molecule has 1 aromatic rings. The minimum absolute atomic E-state index is 0.0231. The van der Waals surface area contributed by atoms with Crippen molar-refractivity contribution in [2.75, 3.05) is 11.9 Å². The van der Waals surface area contributed by atoms with E-state index in [0.717, 1.165) is 5.69 Å². The molecule has 1 aliphatic rings. The molecule has 0 spiro atoms. The zero-order valence-electron chi connectivity index (χ0n) is 8.69. The summed E-state index contributed by atoms with van der Waals surface area (Å²) in [5, 5.41) is 8.08. The molecule has 0 aliphatic carbocycles. The number of para-hydroxylation sites is 1. The smallest absolute Gasteiger partial charge is 0.319 e. The van der Waals surface area contributed by atoms with Crippen molar-refractivity contribution in [1.82, 2.24) is 10.6 Å². The van der Waals surface area contributed by atoms with Crippen molar-refractivity contribution in [3.05, 3.63) is 30.3 Å². The Morgan fingerprint density at radius 1 is 1.31 bits per heavy atom. The quantitative estimate of drug-likeness (QED) is 0.685. The summed E-state index contributed by atoms with van der Waals surface area (Å²) < 4.78 is 0. The number of rotatable bonds is 2. The molecule has 3 amide bonds. The summed E-state index contributed by atoms with van der Waals surface area (Å²) in [7, 11) is 0. The Balaban J connectivity index is 1.83. The van der Waals surface area contributed by atoms with Crippen molar-refractivity contribution in [2.45, 2.75) is 12.5 Å². The van der Waals surface area contributed by atoms with Crippen LogP contribution in [0.3, 0.4) is 0 Å². The lowest BCUT2D eigenvalue weighted by atomic mass is 10.2. The maximum atomic E-state index is 11.5. The van der Waals surface area contributed by atoms with Gasteiger partial charge in [0.2, 0.25) is 5.91 Å². The molecular weight excluding hydrogens is 206 g/mol. The van der Waals surface area contributed by atoms with Gasteiger partial charge in [-0.25, -0.2) is 4.79 Å². The molecule has 1 aliphatic heterocycles. The number of urea groups is 1. The predicted molar refractivity (Wildman–Crippen MR) is 60.0 cm³/mol. The normalized spacial score (nSPS) is 19.0. The molecule has 0 radical (unpaired) electrons. The number of anilines is 1. The molecule has 0 saturated carbocycles. The third-order valence-electron chi connectivity index (χ3n) is 2.34. The summed E-state index contributed by atoms with van der Waals surface area (Å²) in [6.07, 6.45) is 0.349. The second kappa shape index (κ2) is 4.65. The van der Waals surface area contributed by atoms with Crippen LogP contribution in [0.15, 0.2) is 30.3 Å². The van der Waals surface area contributed by atoms with Crippen molar-refractivity contribution in [3.8, 4) is 0 Å². The van der Waals surface area contributed by atoms with Gasteiger partial charge in [0.05, 0.1) is 6.04 Å². The van der Waals surface area contributed by atoms with E-state index in [9.17, 15) is 9.59 Å². The van der Waals surface area contributed by atoms with Crippen LogP contribution in [0.1, 0.15) is 6.42 Å². The molecule has 84 valence electrons. The number of hydrogen-bond acceptors (Lipinski definition) is 2. The molecule has 1 atom stereocenters. The van der Waals surface area contributed by atoms with Gasteiger partial charge in [-0.15, -0.1) is 0 Å². The van der Waals surface area contributed by atoms with E-state index in [1.165, 1.54) is 0 Å². The van der Waals surface area contributed by atoms with Crippen LogP contribution in [0.25, 0.3) is 0 Å². The van der Waals surface area contributed by atoms with E-state index in [1.807, 2.05) is 18.2 Å². The van der Waals surface area contributed by atoms with Gasteiger partial charge in [0.25, 0.3) is 0 Å². The number of carbonyl (C=O) groups is 2. The first-order valence-electron chi connectivity index (χ1n) is 5.13. The van der Waals surface area contributed by atoms with E-state index >= 15 is 0 Å². The van der Waals surface area contributed by atoms with Crippen LogP contribution in [-0.4, -0.2) is 24.5 Å². The van der Waals surface area contributed by atoms with Gasteiger partial charge in [0.1, 0.15) is 0 Å². The molecule has 1 aromatic carbocycles. The highest BCUT2D eigenvalue weighted by Crippen LogP contribution is 2.05. The lowest BCUT2D eigenvalue weighted by Gasteiger charge is -2.11.